The molecule has 3 heterocycles. The summed E-state index contributed by atoms with van der Waals surface area (Å²) in [7, 11) is 2.02. The Morgan fingerprint density at radius 2 is 2.28 bits per heavy atom. The summed E-state index contributed by atoms with van der Waals surface area (Å²) in [5.74, 6) is 0.957. The number of halogens is 1. The van der Waals surface area contributed by atoms with E-state index >= 15 is 0 Å². The minimum atomic E-state index is 0.653. The fourth-order valence-electron chi connectivity index (χ4n) is 2.22. The molecule has 6 heteroatoms. The van der Waals surface area contributed by atoms with Gasteiger partial charge >= 0.3 is 0 Å². The number of hydrogen-bond acceptors (Lipinski definition) is 4. The van der Waals surface area contributed by atoms with Crippen LogP contribution in [0.5, 0.6) is 0 Å². The van der Waals surface area contributed by atoms with Gasteiger partial charge in [-0.3, -0.25) is 0 Å². The highest BCUT2D eigenvalue weighted by Gasteiger charge is 2.20. The summed E-state index contributed by atoms with van der Waals surface area (Å²) in [6.45, 7) is 1.80. The molecule has 0 saturated carbocycles. The van der Waals surface area contributed by atoms with E-state index in [0.717, 1.165) is 36.7 Å². The maximum atomic E-state index is 4.52. The van der Waals surface area contributed by atoms with Crippen LogP contribution >= 0.6 is 15.9 Å². The Morgan fingerprint density at radius 1 is 1.39 bits per heavy atom. The maximum Gasteiger partial charge on any atom is 0.198 e. The molecule has 0 bridgehead atoms. The molecule has 0 spiro atoms. The van der Waals surface area contributed by atoms with Crippen molar-refractivity contribution in [3.8, 4) is 0 Å². The molecule has 0 amide bonds. The van der Waals surface area contributed by atoms with Gasteiger partial charge in [-0.25, -0.2) is 9.97 Å². The van der Waals surface area contributed by atoms with Crippen LogP contribution in [0, 0.1) is 0 Å². The lowest BCUT2D eigenvalue weighted by atomic mass is 10.1. The average Bonchev–Trinajstić information content (AvgIpc) is 2.90. The van der Waals surface area contributed by atoms with Crippen LogP contribution in [-0.4, -0.2) is 28.5 Å². The Bertz CT molecular complexity index is 552. The zero-order valence-electron chi connectivity index (χ0n) is 10.1. The Hall–Kier alpha value is -1.40. The molecule has 0 aliphatic carbocycles. The third-order valence-corrected chi connectivity index (χ3v) is 3.53. The van der Waals surface area contributed by atoms with Crippen LogP contribution in [0.3, 0.4) is 0 Å². The average molecular weight is 308 g/mol. The van der Waals surface area contributed by atoms with Crippen molar-refractivity contribution < 1.29 is 0 Å². The predicted octanol–water partition coefficient (Wildman–Crippen LogP) is 1.98. The second kappa shape index (κ2) is 4.70. The van der Waals surface area contributed by atoms with Crippen molar-refractivity contribution in [3.05, 3.63) is 34.5 Å². The van der Waals surface area contributed by atoms with Gasteiger partial charge in [0.2, 0.25) is 0 Å². The van der Waals surface area contributed by atoms with Crippen molar-refractivity contribution in [2.45, 2.75) is 13.0 Å². The molecule has 1 aliphatic rings. The van der Waals surface area contributed by atoms with E-state index in [-0.39, 0.29) is 0 Å². The lowest BCUT2D eigenvalue weighted by Crippen LogP contribution is -2.28. The number of aromatic amines is 1. The van der Waals surface area contributed by atoms with Crippen molar-refractivity contribution >= 4 is 27.4 Å². The monoisotopic (exact) mass is 307 g/mol. The summed E-state index contributed by atoms with van der Waals surface area (Å²) >= 11 is 3.40. The van der Waals surface area contributed by atoms with Crippen molar-refractivity contribution in [1.82, 2.24) is 20.3 Å². The molecule has 2 N–H and O–H groups in total. The second-order valence-electron chi connectivity index (χ2n) is 4.30. The van der Waals surface area contributed by atoms with Gasteiger partial charge in [0.25, 0.3) is 0 Å². The number of nitrogens with one attached hydrogen (secondary N) is 2. The zero-order chi connectivity index (χ0) is 12.5. The highest BCUT2D eigenvalue weighted by Crippen LogP contribution is 2.29. The lowest BCUT2D eigenvalue weighted by molar-refractivity contribution is 0.623. The maximum absolute atomic E-state index is 4.52. The first-order chi connectivity index (χ1) is 8.75. The molecule has 0 unspecified atom stereocenters. The highest BCUT2D eigenvalue weighted by atomic mass is 79.9. The summed E-state index contributed by atoms with van der Waals surface area (Å²) in [6, 6.07) is 2.03. The third kappa shape index (κ3) is 2.02. The molecule has 2 aromatic heterocycles. The molecule has 5 nitrogen and oxygen atoms in total. The molecule has 0 aromatic carbocycles. The Balaban J connectivity index is 2.08. The SMILES string of the molecule is CN(c1cc[nH]c1)c1nc(Br)nc2c1CNCC2. The number of aromatic nitrogens is 3. The van der Waals surface area contributed by atoms with Gasteiger partial charge < -0.3 is 15.2 Å². The standard InChI is InChI=1S/C12H14BrN5/c1-18(8-2-4-14-6-8)11-9-7-15-5-3-10(9)16-12(13)17-11/h2,4,6,14-15H,3,5,7H2,1H3. The van der Waals surface area contributed by atoms with E-state index in [1.807, 2.05) is 25.5 Å². The van der Waals surface area contributed by atoms with Gasteiger partial charge in [-0.2, -0.15) is 0 Å². The molecule has 3 rings (SSSR count). The van der Waals surface area contributed by atoms with Crippen molar-refractivity contribution in [1.29, 1.82) is 0 Å². The quantitative estimate of drug-likeness (QED) is 0.833. The molecular formula is C12H14BrN5. The zero-order valence-corrected chi connectivity index (χ0v) is 11.7. The molecule has 2 aromatic rings. The topological polar surface area (TPSA) is 56.8 Å². The number of rotatable bonds is 2. The van der Waals surface area contributed by atoms with Crippen LogP contribution < -0.4 is 10.2 Å². The van der Waals surface area contributed by atoms with E-state index in [1.54, 1.807) is 0 Å². The summed E-state index contributed by atoms with van der Waals surface area (Å²) < 4.78 is 0.653. The molecule has 0 fully saturated rings. The van der Waals surface area contributed by atoms with Crippen molar-refractivity contribution in [2.75, 3.05) is 18.5 Å². The van der Waals surface area contributed by atoms with Crippen LogP contribution in [0.25, 0.3) is 0 Å². The Morgan fingerprint density at radius 3 is 3.06 bits per heavy atom. The molecule has 0 radical (unpaired) electrons. The van der Waals surface area contributed by atoms with Gasteiger partial charge in [0, 0.05) is 44.5 Å². The normalized spacial score (nSPS) is 14.3. The Labute approximate surface area is 114 Å². The minimum absolute atomic E-state index is 0.653. The van der Waals surface area contributed by atoms with E-state index in [1.165, 1.54) is 5.56 Å². The number of nitrogens with zero attached hydrogens (tertiary/aromatic N) is 3. The van der Waals surface area contributed by atoms with E-state index < -0.39 is 0 Å². The van der Waals surface area contributed by atoms with E-state index in [0.29, 0.717) is 4.73 Å². The van der Waals surface area contributed by atoms with Crippen LogP contribution in [0.15, 0.2) is 23.2 Å². The first-order valence-corrected chi connectivity index (χ1v) is 6.67. The molecule has 94 valence electrons. The smallest absolute Gasteiger partial charge is 0.198 e. The molecule has 1 aliphatic heterocycles. The van der Waals surface area contributed by atoms with Crippen LogP contribution in [0.2, 0.25) is 0 Å². The minimum Gasteiger partial charge on any atom is -0.366 e. The van der Waals surface area contributed by atoms with Crippen LogP contribution in [0.4, 0.5) is 11.5 Å². The lowest BCUT2D eigenvalue weighted by Gasteiger charge is -2.24. The summed E-state index contributed by atoms with van der Waals surface area (Å²) in [5.41, 5.74) is 3.41. The first-order valence-electron chi connectivity index (χ1n) is 5.88. The number of anilines is 2. The highest BCUT2D eigenvalue weighted by molar-refractivity contribution is 9.10. The van der Waals surface area contributed by atoms with Gasteiger partial charge in [0.05, 0.1) is 11.4 Å². The number of hydrogen-bond donors (Lipinski definition) is 2. The predicted molar refractivity (Wildman–Crippen MR) is 74.0 cm³/mol. The van der Waals surface area contributed by atoms with Gasteiger partial charge in [0.1, 0.15) is 5.82 Å². The Kier molecular flexibility index (Phi) is 3.05. The fraction of sp³-hybridized carbons (Fsp3) is 0.333. The summed E-state index contributed by atoms with van der Waals surface area (Å²) in [6.07, 6.45) is 4.82. The van der Waals surface area contributed by atoms with E-state index in [9.17, 15) is 0 Å². The summed E-state index contributed by atoms with van der Waals surface area (Å²) in [4.78, 5) is 14.1. The van der Waals surface area contributed by atoms with Crippen molar-refractivity contribution in [3.63, 3.8) is 0 Å². The third-order valence-electron chi connectivity index (χ3n) is 3.17. The largest absolute Gasteiger partial charge is 0.366 e. The van der Waals surface area contributed by atoms with Gasteiger partial charge in [-0.15, -0.1) is 0 Å². The van der Waals surface area contributed by atoms with Gasteiger partial charge in [0.15, 0.2) is 4.73 Å². The first kappa shape index (κ1) is 11.7. The van der Waals surface area contributed by atoms with Crippen LogP contribution in [0.1, 0.15) is 11.3 Å². The molecule has 0 saturated heterocycles. The molecular weight excluding hydrogens is 294 g/mol. The number of H-pyrrole nitrogens is 1. The van der Waals surface area contributed by atoms with Crippen molar-refractivity contribution in [2.24, 2.45) is 0 Å². The number of fused-ring (bicyclic) bond motifs is 1. The summed E-state index contributed by atoms with van der Waals surface area (Å²) in [5, 5.41) is 3.37. The van der Waals surface area contributed by atoms with E-state index in [2.05, 4.69) is 41.1 Å². The molecule has 18 heavy (non-hydrogen) atoms. The fourth-order valence-corrected chi connectivity index (χ4v) is 2.60. The van der Waals surface area contributed by atoms with Crippen LogP contribution in [-0.2, 0) is 13.0 Å². The van der Waals surface area contributed by atoms with E-state index in [4.69, 9.17) is 0 Å². The second-order valence-corrected chi connectivity index (χ2v) is 5.01. The van der Waals surface area contributed by atoms with Gasteiger partial charge in [-0.1, -0.05) is 0 Å². The van der Waals surface area contributed by atoms with Gasteiger partial charge in [-0.05, 0) is 22.0 Å². The molecule has 0 atom stereocenters.